The third kappa shape index (κ3) is 4.13. The van der Waals surface area contributed by atoms with Gasteiger partial charge in [-0.05, 0) is 48.7 Å². The molecule has 0 aliphatic carbocycles. The molecular weight excluding hydrogens is 326 g/mol. The van der Waals surface area contributed by atoms with Crippen molar-refractivity contribution >= 4 is 0 Å². The van der Waals surface area contributed by atoms with E-state index in [2.05, 4.69) is 31.2 Å². The second kappa shape index (κ2) is 8.45. The molecular formula is C22H30NO3+. The van der Waals surface area contributed by atoms with Crippen molar-refractivity contribution in [2.75, 3.05) is 27.9 Å². The van der Waals surface area contributed by atoms with Crippen molar-refractivity contribution in [3.05, 3.63) is 53.1 Å². The van der Waals surface area contributed by atoms with Gasteiger partial charge >= 0.3 is 0 Å². The summed E-state index contributed by atoms with van der Waals surface area (Å²) in [6, 6.07) is 13.4. The Bertz CT molecular complexity index is 727. The molecule has 2 aromatic carbocycles. The first-order valence-electron chi connectivity index (χ1n) is 9.36. The molecule has 0 spiro atoms. The molecule has 0 radical (unpaired) electrons. The van der Waals surface area contributed by atoms with Gasteiger partial charge in [-0.3, -0.25) is 0 Å². The Hall–Kier alpha value is -2.20. The Morgan fingerprint density at radius 2 is 1.58 bits per heavy atom. The standard InChI is InChI=1S/C22H29NO3/c1-16(5-6-17-7-9-20(24-2)10-8-17)23-12-11-18-13-21(25-3)22(26-4)14-19(18)15-23/h7-10,13-14,16H,5-6,11-12,15H2,1-4H3/p+1/t16-/m1/s1. The quantitative estimate of drug-likeness (QED) is 0.828. The minimum atomic E-state index is 0.623. The van der Waals surface area contributed by atoms with Crippen LogP contribution in [0.5, 0.6) is 17.2 Å². The van der Waals surface area contributed by atoms with Crippen LogP contribution >= 0.6 is 0 Å². The van der Waals surface area contributed by atoms with Crippen LogP contribution in [0.1, 0.15) is 30.0 Å². The van der Waals surface area contributed by atoms with Crippen LogP contribution < -0.4 is 19.1 Å². The Morgan fingerprint density at radius 3 is 2.19 bits per heavy atom. The number of hydrogen-bond acceptors (Lipinski definition) is 3. The molecule has 3 rings (SSSR count). The SMILES string of the molecule is COc1ccc(CC[C@@H](C)[NH+]2CCc3cc(OC)c(OC)cc3C2)cc1. The van der Waals surface area contributed by atoms with Crippen LogP contribution in [0.25, 0.3) is 0 Å². The average Bonchev–Trinajstić information content (AvgIpc) is 2.70. The predicted octanol–water partition coefficient (Wildman–Crippen LogP) is 2.67. The molecule has 1 N–H and O–H groups in total. The molecule has 1 aliphatic heterocycles. The van der Waals surface area contributed by atoms with E-state index < -0.39 is 0 Å². The molecule has 0 bridgehead atoms. The van der Waals surface area contributed by atoms with Crippen molar-refractivity contribution in [2.45, 2.75) is 38.8 Å². The lowest BCUT2D eigenvalue weighted by molar-refractivity contribution is -0.939. The van der Waals surface area contributed by atoms with Crippen LogP contribution in [-0.2, 0) is 19.4 Å². The number of nitrogens with one attached hydrogen (secondary N) is 1. The van der Waals surface area contributed by atoms with Crippen LogP contribution in [0, 0.1) is 0 Å². The van der Waals surface area contributed by atoms with Gasteiger partial charge in [-0.2, -0.15) is 0 Å². The second-order valence-corrected chi connectivity index (χ2v) is 7.10. The lowest BCUT2D eigenvalue weighted by atomic mass is 9.96. The topological polar surface area (TPSA) is 32.1 Å². The maximum Gasteiger partial charge on any atom is 0.161 e. The van der Waals surface area contributed by atoms with Crippen molar-refractivity contribution in [2.24, 2.45) is 0 Å². The number of benzene rings is 2. The first-order valence-corrected chi connectivity index (χ1v) is 9.36. The third-order valence-electron chi connectivity index (χ3n) is 5.56. The van der Waals surface area contributed by atoms with Crippen LogP contribution in [0.15, 0.2) is 36.4 Å². The van der Waals surface area contributed by atoms with Gasteiger partial charge in [0, 0.05) is 18.4 Å². The van der Waals surface area contributed by atoms with Gasteiger partial charge in [-0.25, -0.2) is 0 Å². The average molecular weight is 356 g/mol. The lowest BCUT2D eigenvalue weighted by Crippen LogP contribution is -3.15. The van der Waals surface area contributed by atoms with E-state index in [1.165, 1.54) is 29.7 Å². The Labute approximate surface area is 156 Å². The van der Waals surface area contributed by atoms with E-state index in [1.807, 2.05) is 12.1 Å². The minimum Gasteiger partial charge on any atom is -0.497 e. The number of fused-ring (bicyclic) bond motifs is 1. The highest BCUT2D eigenvalue weighted by Gasteiger charge is 2.25. The smallest absolute Gasteiger partial charge is 0.161 e. The normalized spacial score (nSPS) is 17.3. The maximum absolute atomic E-state index is 5.48. The zero-order chi connectivity index (χ0) is 18.5. The summed E-state index contributed by atoms with van der Waals surface area (Å²) < 4.78 is 16.2. The largest absolute Gasteiger partial charge is 0.497 e. The summed E-state index contributed by atoms with van der Waals surface area (Å²) in [6.07, 6.45) is 3.38. The second-order valence-electron chi connectivity index (χ2n) is 7.10. The lowest BCUT2D eigenvalue weighted by Gasteiger charge is -2.31. The van der Waals surface area contributed by atoms with E-state index >= 15 is 0 Å². The van der Waals surface area contributed by atoms with Gasteiger partial charge in [-0.1, -0.05) is 12.1 Å². The van der Waals surface area contributed by atoms with Crippen LogP contribution in [0.3, 0.4) is 0 Å². The van der Waals surface area contributed by atoms with Crippen molar-refractivity contribution in [1.82, 2.24) is 0 Å². The number of rotatable bonds is 7. The van der Waals surface area contributed by atoms with E-state index in [9.17, 15) is 0 Å². The number of aryl methyl sites for hydroxylation is 1. The van der Waals surface area contributed by atoms with Gasteiger partial charge in [-0.15, -0.1) is 0 Å². The highest BCUT2D eigenvalue weighted by atomic mass is 16.5. The molecule has 2 aromatic rings. The van der Waals surface area contributed by atoms with Crippen LogP contribution in [0.4, 0.5) is 0 Å². The van der Waals surface area contributed by atoms with E-state index in [0.717, 1.165) is 36.6 Å². The van der Waals surface area contributed by atoms with Gasteiger partial charge < -0.3 is 19.1 Å². The Balaban J connectivity index is 1.62. The van der Waals surface area contributed by atoms with E-state index in [1.54, 1.807) is 26.2 Å². The first-order chi connectivity index (χ1) is 12.6. The third-order valence-corrected chi connectivity index (χ3v) is 5.56. The van der Waals surface area contributed by atoms with Gasteiger partial charge in [0.15, 0.2) is 11.5 Å². The molecule has 0 saturated heterocycles. The highest BCUT2D eigenvalue weighted by Crippen LogP contribution is 2.31. The van der Waals surface area contributed by atoms with Crippen molar-refractivity contribution in [3.8, 4) is 17.2 Å². The summed E-state index contributed by atoms with van der Waals surface area (Å²) in [5.41, 5.74) is 4.16. The zero-order valence-corrected chi connectivity index (χ0v) is 16.3. The van der Waals surface area contributed by atoms with Gasteiger partial charge in [0.2, 0.25) is 0 Å². The van der Waals surface area contributed by atoms with Crippen molar-refractivity contribution < 1.29 is 19.1 Å². The van der Waals surface area contributed by atoms with E-state index in [4.69, 9.17) is 14.2 Å². The summed E-state index contributed by atoms with van der Waals surface area (Å²) >= 11 is 0. The molecule has 1 aliphatic rings. The van der Waals surface area contributed by atoms with Crippen LogP contribution in [-0.4, -0.2) is 33.9 Å². The van der Waals surface area contributed by atoms with E-state index in [0.29, 0.717) is 6.04 Å². The number of ether oxygens (including phenoxy) is 3. The highest BCUT2D eigenvalue weighted by molar-refractivity contribution is 5.47. The number of quaternary nitrogens is 1. The summed E-state index contributed by atoms with van der Waals surface area (Å²) in [6.45, 7) is 4.59. The monoisotopic (exact) mass is 356 g/mol. The van der Waals surface area contributed by atoms with Crippen molar-refractivity contribution in [1.29, 1.82) is 0 Å². The fraction of sp³-hybridized carbons (Fsp3) is 0.455. The van der Waals surface area contributed by atoms with Gasteiger partial charge in [0.25, 0.3) is 0 Å². The van der Waals surface area contributed by atoms with E-state index in [-0.39, 0.29) is 0 Å². The zero-order valence-electron chi connectivity index (χ0n) is 16.3. The fourth-order valence-corrected chi connectivity index (χ4v) is 3.79. The molecule has 2 atom stereocenters. The molecule has 26 heavy (non-hydrogen) atoms. The molecule has 1 heterocycles. The Morgan fingerprint density at radius 1 is 0.923 bits per heavy atom. The van der Waals surface area contributed by atoms with Gasteiger partial charge in [0.1, 0.15) is 12.3 Å². The minimum absolute atomic E-state index is 0.623. The van der Waals surface area contributed by atoms with Crippen molar-refractivity contribution in [3.63, 3.8) is 0 Å². The fourth-order valence-electron chi connectivity index (χ4n) is 3.79. The molecule has 0 saturated carbocycles. The summed E-state index contributed by atoms with van der Waals surface area (Å²) in [5.74, 6) is 2.59. The maximum atomic E-state index is 5.48. The summed E-state index contributed by atoms with van der Waals surface area (Å²) in [5, 5.41) is 0. The Kier molecular flexibility index (Phi) is 6.04. The molecule has 140 valence electrons. The van der Waals surface area contributed by atoms with Crippen LogP contribution in [0.2, 0.25) is 0 Å². The molecule has 4 heteroatoms. The molecule has 1 unspecified atom stereocenters. The number of methoxy groups -OCH3 is 3. The summed E-state index contributed by atoms with van der Waals surface area (Å²) in [7, 11) is 5.11. The predicted molar refractivity (Wildman–Crippen MR) is 104 cm³/mol. The van der Waals surface area contributed by atoms with Gasteiger partial charge in [0.05, 0.1) is 33.9 Å². The summed E-state index contributed by atoms with van der Waals surface area (Å²) in [4.78, 5) is 1.65. The number of hydrogen-bond donors (Lipinski definition) is 1. The first kappa shape index (κ1) is 18.6. The molecule has 0 aromatic heterocycles. The molecule has 4 nitrogen and oxygen atoms in total. The molecule has 0 fully saturated rings. The molecule has 0 amide bonds.